The van der Waals surface area contributed by atoms with Crippen LogP contribution in [0.4, 0.5) is 4.79 Å². The van der Waals surface area contributed by atoms with Gasteiger partial charge in [-0.1, -0.05) is 34.1 Å². The van der Waals surface area contributed by atoms with Crippen LogP contribution >= 0.6 is 21.6 Å². The van der Waals surface area contributed by atoms with Crippen LogP contribution in [0.5, 0.6) is 0 Å². The van der Waals surface area contributed by atoms with E-state index in [2.05, 4.69) is 11.4 Å². The zero-order valence-electron chi connectivity index (χ0n) is 15.8. The number of alkyl carbamates (subject to hydrolysis) is 1. The Balaban J connectivity index is 1.62. The van der Waals surface area contributed by atoms with Crippen LogP contribution in [0.3, 0.4) is 0 Å². The number of carbonyl (C=O) groups excluding carboxylic acids is 2. The first-order valence-corrected chi connectivity index (χ1v) is 11.7. The normalized spacial score (nSPS) is 21.2. The minimum Gasteiger partial charge on any atom is -0.425 e. The van der Waals surface area contributed by atoms with Gasteiger partial charge in [-0.25, -0.2) is 4.79 Å². The van der Waals surface area contributed by atoms with Crippen LogP contribution in [0.25, 0.3) is 0 Å². The summed E-state index contributed by atoms with van der Waals surface area (Å²) in [5.41, 5.74) is 2.97. The average Bonchev–Trinajstić information content (AvgIpc) is 3.08. The summed E-state index contributed by atoms with van der Waals surface area (Å²) in [5.74, 6) is 0.919. The maximum Gasteiger partial charge on any atom is 0.414 e. The molecule has 2 rings (SSSR count). The Morgan fingerprint density at radius 2 is 2.12 bits per heavy atom. The standard InChI is InChI=1S/C19H29NO4S2/c1-13-7-6-8-14(2)18(13)20-19(22)24-15(3)23-17(21)10-5-4-9-16-11-12-25-26-16/h7,15-16H,4-6,8-12H2,1-3H3,(H,20,22). The van der Waals surface area contributed by atoms with Gasteiger partial charge in [0.15, 0.2) is 0 Å². The molecule has 1 amide bonds. The number of carbonyl (C=O) groups is 2. The lowest BCUT2D eigenvalue weighted by atomic mass is 9.98. The van der Waals surface area contributed by atoms with Gasteiger partial charge in [0, 0.05) is 30.0 Å². The number of nitrogens with one attached hydrogen (secondary N) is 1. The Kier molecular flexibility index (Phi) is 8.91. The Morgan fingerprint density at radius 1 is 1.31 bits per heavy atom. The molecule has 1 heterocycles. The van der Waals surface area contributed by atoms with Crippen LogP contribution in [-0.2, 0) is 14.3 Å². The van der Waals surface area contributed by atoms with Crippen LogP contribution in [-0.4, -0.2) is 29.4 Å². The van der Waals surface area contributed by atoms with Gasteiger partial charge in [0.05, 0.1) is 0 Å². The molecule has 0 bridgehead atoms. The molecule has 0 aromatic carbocycles. The highest BCUT2D eigenvalue weighted by molar-refractivity contribution is 8.77. The number of amides is 1. The first kappa shape index (κ1) is 21.2. The number of rotatable bonds is 8. The van der Waals surface area contributed by atoms with Crippen molar-refractivity contribution in [2.75, 3.05) is 5.75 Å². The number of hydrogen-bond donors (Lipinski definition) is 1. The second kappa shape index (κ2) is 10.9. The summed E-state index contributed by atoms with van der Waals surface area (Å²) < 4.78 is 10.3. The SMILES string of the molecule is CC1=CCCC(C)=C1NC(=O)OC(C)OC(=O)CCCCC1CCSS1. The first-order chi connectivity index (χ1) is 12.5. The van der Waals surface area contributed by atoms with Gasteiger partial charge >= 0.3 is 12.1 Å². The largest absolute Gasteiger partial charge is 0.425 e. The zero-order valence-corrected chi connectivity index (χ0v) is 17.5. The molecule has 1 saturated heterocycles. The van der Waals surface area contributed by atoms with E-state index >= 15 is 0 Å². The fourth-order valence-corrected chi connectivity index (χ4v) is 6.06. The van der Waals surface area contributed by atoms with E-state index in [9.17, 15) is 9.59 Å². The van der Waals surface area contributed by atoms with E-state index in [0.717, 1.165) is 54.2 Å². The van der Waals surface area contributed by atoms with Crippen molar-refractivity contribution in [2.45, 2.75) is 77.3 Å². The number of hydrogen-bond acceptors (Lipinski definition) is 6. The summed E-state index contributed by atoms with van der Waals surface area (Å²) in [7, 11) is 3.90. The number of esters is 1. The van der Waals surface area contributed by atoms with E-state index in [1.54, 1.807) is 6.92 Å². The van der Waals surface area contributed by atoms with Crippen molar-refractivity contribution in [2.24, 2.45) is 0 Å². The topological polar surface area (TPSA) is 64.6 Å². The van der Waals surface area contributed by atoms with Crippen molar-refractivity contribution >= 4 is 33.7 Å². The summed E-state index contributed by atoms with van der Waals surface area (Å²) in [6, 6.07) is 0. The lowest BCUT2D eigenvalue weighted by Crippen LogP contribution is -2.31. The summed E-state index contributed by atoms with van der Waals surface area (Å²) in [4.78, 5) is 23.9. The van der Waals surface area contributed by atoms with Crippen molar-refractivity contribution < 1.29 is 19.1 Å². The quantitative estimate of drug-likeness (QED) is 0.258. The highest BCUT2D eigenvalue weighted by Gasteiger charge is 2.19. The second-order valence-corrected chi connectivity index (χ2v) is 9.53. The van der Waals surface area contributed by atoms with E-state index in [1.165, 1.54) is 12.2 Å². The van der Waals surface area contributed by atoms with Gasteiger partial charge in [0.25, 0.3) is 0 Å². The van der Waals surface area contributed by atoms with E-state index in [-0.39, 0.29) is 5.97 Å². The Labute approximate surface area is 164 Å². The summed E-state index contributed by atoms with van der Waals surface area (Å²) in [6.07, 6.45) is 7.16. The van der Waals surface area contributed by atoms with Crippen molar-refractivity contribution in [3.63, 3.8) is 0 Å². The molecule has 1 aliphatic carbocycles. The van der Waals surface area contributed by atoms with Gasteiger partial charge in [-0.15, -0.1) is 0 Å². The molecule has 1 fully saturated rings. The van der Waals surface area contributed by atoms with Gasteiger partial charge in [-0.3, -0.25) is 10.1 Å². The van der Waals surface area contributed by atoms with Crippen molar-refractivity contribution in [1.82, 2.24) is 5.32 Å². The minimum absolute atomic E-state index is 0.317. The highest BCUT2D eigenvalue weighted by atomic mass is 33.1. The molecule has 0 saturated carbocycles. The van der Waals surface area contributed by atoms with Crippen LogP contribution in [0.2, 0.25) is 0 Å². The first-order valence-electron chi connectivity index (χ1n) is 9.28. The highest BCUT2D eigenvalue weighted by Crippen LogP contribution is 2.39. The van der Waals surface area contributed by atoms with E-state index < -0.39 is 12.4 Å². The molecule has 5 nitrogen and oxygen atoms in total. The summed E-state index contributed by atoms with van der Waals surface area (Å²) in [6.45, 7) is 5.53. The molecule has 26 heavy (non-hydrogen) atoms. The number of allylic oxidation sites excluding steroid dienone is 3. The molecule has 2 unspecified atom stereocenters. The molecule has 0 radical (unpaired) electrons. The maximum atomic E-state index is 12.0. The van der Waals surface area contributed by atoms with Crippen LogP contribution < -0.4 is 5.32 Å². The predicted molar refractivity (Wildman–Crippen MR) is 108 cm³/mol. The van der Waals surface area contributed by atoms with Gasteiger partial charge in [0.1, 0.15) is 0 Å². The van der Waals surface area contributed by atoms with Crippen molar-refractivity contribution in [3.05, 3.63) is 22.9 Å². The maximum absolute atomic E-state index is 12.0. The van der Waals surface area contributed by atoms with Crippen LogP contribution in [0.1, 0.15) is 65.7 Å². The predicted octanol–water partition coefficient (Wildman–Crippen LogP) is 5.33. The molecular weight excluding hydrogens is 370 g/mol. The van der Waals surface area contributed by atoms with E-state index in [4.69, 9.17) is 9.47 Å². The second-order valence-electron chi connectivity index (χ2n) is 6.74. The zero-order chi connectivity index (χ0) is 18.9. The molecular formula is C19H29NO4S2. The van der Waals surface area contributed by atoms with E-state index in [1.807, 2.05) is 35.4 Å². The third kappa shape index (κ3) is 7.27. The van der Waals surface area contributed by atoms with Crippen LogP contribution in [0, 0.1) is 0 Å². The fourth-order valence-electron chi connectivity index (χ4n) is 3.03. The Hall–Kier alpha value is -1.08. The molecule has 0 aromatic rings. The molecule has 1 N–H and O–H groups in total. The van der Waals surface area contributed by atoms with Gasteiger partial charge in [0.2, 0.25) is 6.29 Å². The van der Waals surface area contributed by atoms with Crippen molar-refractivity contribution in [1.29, 1.82) is 0 Å². The molecule has 2 atom stereocenters. The van der Waals surface area contributed by atoms with E-state index in [0.29, 0.717) is 6.42 Å². The third-order valence-corrected chi connectivity index (χ3v) is 7.48. The number of ether oxygens (including phenoxy) is 2. The monoisotopic (exact) mass is 399 g/mol. The Bertz CT molecular complexity index is 568. The Morgan fingerprint density at radius 3 is 2.81 bits per heavy atom. The molecule has 0 aromatic heterocycles. The molecule has 7 heteroatoms. The van der Waals surface area contributed by atoms with Gasteiger partial charge < -0.3 is 9.47 Å². The minimum atomic E-state index is -0.891. The molecule has 0 spiro atoms. The molecule has 1 aliphatic heterocycles. The molecule has 146 valence electrons. The lowest BCUT2D eigenvalue weighted by molar-refractivity contribution is -0.164. The average molecular weight is 400 g/mol. The van der Waals surface area contributed by atoms with Crippen LogP contribution in [0.15, 0.2) is 22.9 Å². The fraction of sp³-hybridized carbons (Fsp3) is 0.684. The smallest absolute Gasteiger partial charge is 0.414 e. The summed E-state index contributed by atoms with van der Waals surface area (Å²) >= 11 is 0. The van der Waals surface area contributed by atoms with Gasteiger partial charge in [-0.2, -0.15) is 0 Å². The van der Waals surface area contributed by atoms with Crippen molar-refractivity contribution in [3.8, 4) is 0 Å². The molecule has 2 aliphatic rings. The van der Waals surface area contributed by atoms with Gasteiger partial charge in [-0.05, 0) is 57.1 Å². The lowest BCUT2D eigenvalue weighted by Gasteiger charge is -2.20. The third-order valence-electron chi connectivity index (χ3n) is 4.47. The number of unbranched alkanes of at least 4 members (excludes halogenated alkanes) is 1. The summed E-state index contributed by atoms with van der Waals surface area (Å²) in [5, 5.41) is 3.49.